The first-order chi connectivity index (χ1) is 13.2. The molecule has 138 valence electrons. The maximum Gasteiger partial charge on any atom is 0.242 e. The number of fused-ring (bicyclic) bond motifs is 1. The molecule has 1 aliphatic heterocycles. The normalized spacial score (nSPS) is 15.2. The number of hydrogen-bond acceptors (Lipinski definition) is 2. The molecule has 0 atom stereocenters. The zero-order valence-electron chi connectivity index (χ0n) is 15.4. The van der Waals surface area contributed by atoms with E-state index in [1.807, 2.05) is 39.8 Å². The summed E-state index contributed by atoms with van der Waals surface area (Å²) in [5, 5.41) is 0.661. The molecule has 1 fully saturated rings. The minimum Gasteiger partial charge on any atom is -0.341 e. The predicted octanol–water partition coefficient (Wildman–Crippen LogP) is 3.48. The molecule has 1 aliphatic rings. The summed E-state index contributed by atoms with van der Waals surface area (Å²) in [6, 6.07) is 19.6. The number of carbonyl (C=O) groups excluding carboxylic acids is 1. The fourth-order valence-corrected chi connectivity index (χ4v) is 3.98. The Morgan fingerprint density at radius 2 is 1.63 bits per heavy atom. The van der Waals surface area contributed by atoms with Gasteiger partial charge in [-0.1, -0.05) is 42.5 Å². The molecule has 3 aromatic rings. The van der Waals surface area contributed by atoms with Gasteiger partial charge in [-0.05, 0) is 42.9 Å². The smallest absolute Gasteiger partial charge is 0.242 e. The summed E-state index contributed by atoms with van der Waals surface area (Å²) in [4.78, 5) is 26.8. The lowest BCUT2D eigenvalue weighted by molar-refractivity contribution is -0.133. The van der Waals surface area contributed by atoms with Gasteiger partial charge in [-0.25, -0.2) is 0 Å². The highest BCUT2D eigenvalue weighted by atomic mass is 16.2. The second-order valence-corrected chi connectivity index (χ2v) is 7.34. The average Bonchev–Trinajstić information content (AvgIpc) is 2.71. The van der Waals surface area contributed by atoms with E-state index in [-0.39, 0.29) is 17.9 Å². The molecule has 1 aromatic heterocycles. The largest absolute Gasteiger partial charge is 0.341 e. The molecule has 0 saturated carbocycles. The summed E-state index contributed by atoms with van der Waals surface area (Å²) in [6.45, 7) is 1.91. The highest BCUT2D eigenvalue weighted by Gasteiger charge is 2.23. The van der Waals surface area contributed by atoms with Crippen LogP contribution in [0.2, 0.25) is 0 Å². The van der Waals surface area contributed by atoms with E-state index in [9.17, 15) is 9.59 Å². The molecule has 1 saturated heterocycles. The molecule has 1 amide bonds. The van der Waals surface area contributed by atoms with E-state index < -0.39 is 0 Å². The summed E-state index contributed by atoms with van der Waals surface area (Å²) >= 11 is 0. The van der Waals surface area contributed by atoms with Gasteiger partial charge in [-0.15, -0.1) is 0 Å². The first-order valence-corrected chi connectivity index (χ1v) is 9.60. The molecule has 0 aliphatic carbocycles. The van der Waals surface area contributed by atoms with Crippen LogP contribution in [0.3, 0.4) is 0 Å². The Bertz CT molecular complexity index is 986. The van der Waals surface area contributed by atoms with Gasteiger partial charge in [0.1, 0.15) is 6.54 Å². The van der Waals surface area contributed by atoms with Crippen LogP contribution in [0.15, 0.2) is 71.7 Å². The number of benzene rings is 2. The zero-order valence-corrected chi connectivity index (χ0v) is 15.4. The van der Waals surface area contributed by atoms with Gasteiger partial charge < -0.3 is 9.47 Å². The maximum absolute atomic E-state index is 12.8. The van der Waals surface area contributed by atoms with Gasteiger partial charge in [-0.3, -0.25) is 9.59 Å². The quantitative estimate of drug-likeness (QED) is 0.715. The van der Waals surface area contributed by atoms with Crippen molar-refractivity contribution in [2.24, 2.45) is 5.92 Å². The molecule has 0 bridgehead atoms. The van der Waals surface area contributed by atoms with Crippen molar-refractivity contribution in [3.63, 3.8) is 0 Å². The topological polar surface area (TPSA) is 42.3 Å². The van der Waals surface area contributed by atoms with Crippen molar-refractivity contribution in [1.82, 2.24) is 9.47 Å². The molecule has 4 heteroatoms. The molecular weight excluding hydrogens is 336 g/mol. The minimum absolute atomic E-state index is 0.00368. The van der Waals surface area contributed by atoms with E-state index in [1.165, 1.54) is 5.56 Å². The second-order valence-electron chi connectivity index (χ2n) is 7.34. The third-order valence-corrected chi connectivity index (χ3v) is 5.52. The average molecular weight is 360 g/mol. The number of nitrogens with zero attached hydrogens (tertiary/aromatic N) is 2. The van der Waals surface area contributed by atoms with Crippen LogP contribution >= 0.6 is 0 Å². The Morgan fingerprint density at radius 1 is 0.926 bits per heavy atom. The summed E-state index contributed by atoms with van der Waals surface area (Å²) in [5.41, 5.74) is 2.19. The lowest BCUT2D eigenvalue weighted by Gasteiger charge is -2.32. The molecular formula is C23H24N2O2. The summed E-state index contributed by atoms with van der Waals surface area (Å²) in [6.07, 6.45) is 4.91. The van der Waals surface area contributed by atoms with Crippen LogP contribution in [-0.2, 0) is 17.8 Å². The van der Waals surface area contributed by atoms with E-state index in [4.69, 9.17) is 0 Å². The van der Waals surface area contributed by atoms with Gasteiger partial charge in [-0.2, -0.15) is 0 Å². The van der Waals surface area contributed by atoms with Crippen LogP contribution in [0.1, 0.15) is 18.4 Å². The molecule has 4 nitrogen and oxygen atoms in total. The summed E-state index contributed by atoms with van der Waals surface area (Å²) in [5.74, 6) is 0.770. The second kappa shape index (κ2) is 7.78. The van der Waals surface area contributed by atoms with Crippen LogP contribution in [0.4, 0.5) is 0 Å². The number of piperidine rings is 1. The van der Waals surface area contributed by atoms with Crippen molar-refractivity contribution >= 4 is 16.8 Å². The first-order valence-electron chi connectivity index (χ1n) is 9.60. The molecule has 0 radical (unpaired) electrons. The number of carbonyl (C=O) groups is 1. The Kier molecular flexibility index (Phi) is 5.05. The number of amides is 1. The Morgan fingerprint density at radius 3 is 2.41 bits per heavy atom. The molecule has 0 spiro atoms. The van der Waals surface area contributed by atoms with E-state index >= 15 is 0 Å². The number of likely N-dealkylation sites (tertiary alicyclic amines) is 1. The predicted molar refractivity (Wildman–Crippen MR) is 108 cm³/mol. The van der Waals surface area contributed by atoms with E-state index in [2.05, 4.69) is 24.3 Å². The first kappa shape index (κ1) is 17.5. The van der Waals surface area contributed by atoms with Crippen molar-refractivity contribution in [2.75, 3.05) is 13.1 Å². The number of hydrogen-bond donors (Lipinski definition) is 0. The van der Waals surface area contributed by atoms with Crippen LogP contribution in [-0.4, -0.2) is 28.5 Å². The van der Waals surface area contributed by atoms with Crippen LogP contribution in [0, 0.1) is 5.92 Å². The van der Waals surface area contributed by atoms with E-state index in [0.29, 0.717) is 11.3 Å². The van der Waals surface area contributed by atoms with Crippen molar-refractivity contribution in [3.8, 4) is 0 Å². The third-order valence-electron chi connectivity index (χ3n) is 5.52. The summed E-state index contributed by atoms with van der Waals surface area (Å²) in [7, 11) is 0. The monoisotopic (exact) mass is 360 g/mol. The Balaban J connectivity index is 1.39. The van der Waals surface area contributed by atoms with Gasteiger partial charge >= 0.3 is 0 Å². The fraction of sp³-hybridized carbons (Fsp3) is 0.304. The molecule has 4 rings (SSSR count). The minimum atomic E-state index is -0.00368. The van der Waals surface area contributed by atoms with Crippen LogP contribution in [0.5, 0.6) is 0 Å². The highest BCUT2D eigenvalue weighted by Crippen LogP contribution is 2.22. The fourth-order valence-electron chi connectivity index (χ4n) is 3.98. The zero-order chi connectivity index (χ0) is 18.6. The maximum atomic E-state index is 12.8. The summed E-state index contributed by atoms with van der Waals surface area (Å²) < 4.78 is 1.88. The van der Waals surface area contributed by atoms with Crippen molar-refractivity contribution in [3.05, 3.63) is 82.6 Å². The Hall–Kier alpha value is -2.88. The Labute approximate surface area is 159 Å². The van der Waals surface area contributed by atoms with Crippen molar-refractivity contribution in [2.45, 2.75) is 25.8 Å². The van der Waals surface area contributed by atoms with Gasteiger partial charge in [0.25, 0.3) is 0 Å². The van der Waals surface area contributed by atoms with Gasteiger partial charge in [0.05, 0.1) is 5.52 Å². The molecule has 0 unspecified atom stereocenters. The lowest BCUT2D eigenvalue weighted by Crippen LogP contribution is -2.40. The molecule has 2 heterocycles. The molecule has 2 aromatic carbocycles. The van der Waals surface area contributed by atoms with Gasteiger partial charge in [0, 0.05) is 30.7 Å². The van der Waals surface area contributed by atoms with Crippen LogP contribution < -0.4 is 5.43 Å². The number of aromatic nitrogens is 1. The standard InChI is InChI=1S/C23H24N2O2/c26-22-12-15-25(21-9-5-4-8-20(21)22)17-23(27)24-13-10-19(11-14-24)16-18-6-2-1-3-7-18/h1-9,12,15,19H,10-11,13-14,16-17H2. The molecule has 0 N–H and O–H groups in total. The lowest BCUT2D eigenvalue weighted by atomic mass is 9.90. The van der Waals surface area contributed by atoms with Crippen LogP contribution in [0.25, 0.3) is 10.9 Å². The van der Waals surface area contributed by atoms with Crippen molar-refractivity contribution in [1.29, 1.82) is 0 Å². The number of para-hydroxylation sites is 1. The molecule has 27 heavy (non-hydrogen) atoms. The van der Waals surface area contributed by atoms with Crippen molar-refractivity contribution < 1.29 is 4.79 Å². The highest BCUT2D eigenvalue weighted by molar-refractivity contribution is 5.82. The number of pyridine rings is 1. The van der Waals surface area contributed by atoms with E-state index in [1.54, 1.807) is 12.3 Å². The van der Waals surface area contributed by atoms with Gasteiger partial charge in [0.15, 0.2) is 5.43 Å². The SMILES string of the molecule is O=C(Cn1ccc(=O)c2ccccc21)N1CCC(Cc2ccccc2)CC1. The van der Waals surface area contributed by atoms with Gasteiger partial charge in [0.2, 0.25) is 5.91 Å². The third kappa shape index (κ3) is 3.95. The van der Waals surface area contributed by atoms with E-state index in [0.717, 1.165) is 37.9 Å². The number of rotatable bonds is 4.